The largest absolute Gasteiger partial charge is 0.489 e. The number of hydrogen-bond acceptors (Lipinski definition) is 5. The Labute approximate surface area is 152 Å². The number of halogens is 3. The number of thioether (sulfide) groups is 1. The van der Waals surface area contributed by atoms with Gasteiger partial charge in [-0.05, 0) is 18.2 Å². The van der Waals surface area contributed by atoms with Gasteiger partial charge in [-0.3, -0.25) is 4.79 Å². The van der Waals surface area contributed by atoms with Gasteiger partial charge in [0.1, 0.15) is 12.4 Å². The third kappa shape index (κ3) is 5.67. The molecule has 0 aliphatic heterocycles. The van der Waals surface area contributed by atoms with Gasteiger partial charge in [0.05, 0.1) is 23.6 Å². The molecule has 1 aromatic carbocycles. The molecule has 0 spiro atoms. The number of benzene rings is 1. The minimum Gasteiger partial charge on any atom is -0.489 e. The van der Waals surface area contributed by atoms with Crippen molar-refractivity contribution in [3.8, 4) is 5.75 Å². The number of ether oxygens (including phenoxy) is 2. The molecule has 0 radical (unpaired) electrons. The molecule has 0 atom stereocenters. The van der Waals surface area contributed by atoms with Crippen molar-refractivity contribution < 1.29 is 27.4 Å². The van der Waals surface area contributed by atoms with Crippen molar-refractivity contribution in [1.29, 1.82) is 0 Å². The van der Waals surface area contributed by atoms with Gasteiger partial charge in [0.15, 0.2) is 5.16 Å². The highest BCUT2D eigenvalue weighted by Gasteiger charge is 2.31. The predicted octanol–water partition coefficient (Wildman–Crippen LogP) is 3.19. The second kappa shape index (κ2) is 8.95. The topological polar surface area (TPSA) is 65.4 Å². The monoisotopic (exact) mass is 389 g/mol. The summed E-state index contributed by atoms with van der Waals surface area (Å²) in [6.45, 7) is 0.413. The van der Waals surface area contributed by atoms with Crippen LogP contribution in [0, 0.1) is 0 Å². The smallest absolute Gasteiger partial charge is 0.416 e. The summed E-state index contributed by atoms with van der Waals surface area (Å²) in [5, 5.41) is 3.09. The molecule has 6 nitrogen and oxygen atoms in total. The number of nitrogens with zero attached hydrogens (tertiary/aromatic N) is 2. The highest BCUT2D eigenvalue weighted by Crippen LogP contribution is 2.35. The molecule has 0 aliphatic carbocycles. The molecule has 2 rings (SSSR count). The zero-order valence-electron chi connectivity index (χ0n) is 14.2. The zero-order valence-corrected chi connectivity index (χ0v) is 15.0. The maximum absolute atomic E-state index is 12.9. The fourth-order valence-corrected chi connectivity index (χ4v) is 2.70. The fourth-order valence-electron chi connectivity index (χ4n) is 1.97. The van der Waals surface area contributed by atoms with E-state index in [1.165, 1.54) is 24.9 Å². The van der Waals surface area contributed by atoms with Crippen molar-refractivity contribution in [2.24, 2.45) is 7.05 Å². The van der Waals surface area contributed by atoms with E-state index in [1.807, 2.05) is 0 Å². The van der Waals surface area contributed by atoms with Crippen molar-refractivity contribution in [2.45, 2.75) is 11.3 Å². The summed E-state index contributed by atoms with van der Waals surface area (Å²) >= 11 is 1.17. The van der Waals surface area contributed by atoms with Gasteiger partial charge in [0.2, 0.25) is 5.91 Å². The lowest BCUT2D eigenvalue weighted by atomic mass is 10.1. The van der Waals surface area contributed by atoms with Gasteiger partial charge in [-0.15, -0.1) is 0 Å². The molecule has 1 heterocycles. The Balaban J connectivity index is 2.10. The Morgan fingerprint density at radius 3 is 2.73 bits per heavy atom. The van der Waals surface area contributed by atoms with Crippen LogP contribution in [0.3, 0.4) is 0 Å². The van der Waals surface area contributed by atoms with Crippen LogP contribution in [0.5, 0.6) is 5.75 Å². The lowest BCUT2D eigenvalue weighted by molar-refractivity contribution is -0.137. The number of methoxy groups -OCH3 is 1. The summed E-state index contributed by atoms with van der Waals surface area (Å²) in [4.78, 5) is 16.2. The number of aryl methyl sites for hydroxylation is 1. The Kier molecular flexibility index (Phi) is 6.92. The van der Waals surface area contributed by atoms with Crippen LogP contribution in [0.15, 0.2) is 35.7 Å². The molecule has 0 bridgehead atoms. The number of aromatic nitrogens is 2. The van der Waals surface area contributed by atoms with E-state index in [4.69, 9.17) is 9.47 Å². The van der Waals surface area contributed by atoms with Crippen LogP contribution in [0.2, 0.25) is 0 Å². The number of nitrogens with one attached hydrogen (secondary N) is 1. The molecule has 2 aromatic rings. The van der Waals surface area contributed by atoms with Gasteiger partial charge in [0, 0.05) is 26.6 Å². The summed E-state index contributed by atoms with van der Waals surface area (Å²) in [6.07, 6.45) is -1.20. The molecule has 26 heavy (non-hydrogen) atoms. The van der Waals surface area contributed by atoms with E-state index < -0.39 is 17.6 Å². The molecule has 0 aliphatic rings. The van der Waals surface area contributed by atoms with Crippen LogP contribution in [0.1, 0.15) is 5.56 Å². The van der Waals surface area contributed by atoms with Crippen molar-refractivity contribution >= 4 is 23.4 Å². The molecular formula is C16H18F3N3O3S. The first-order valence-electron chi connectivity index (χ1n) is 7.54. The summed E-state index contributed by atoms with van der Waals surface area (Å²) < 4.78 is 50.8. The van der Waals surface area contributed by atoms with E-state index in [2.05, 4.69) is 10.3 Å². The van der Waals surface area contributed by atoms with E-state index in [0.717, 1.165) is 12.1 Å². The summed E-state index contributed by atoms with van der Waals surface area (Å²) in [5.41, 5.74) is -0.912. The highest BCUT2D eigenvalue weighted by atomic mass is 32.2. The van der Waals surface area contributed by atoms with Crippen LogP contribution < -0.4 is 10.1 Å². The second-order valence-corrected chi connectivity index (χ2v) is 6.15. The van der Waals surface area contributed by atoms with Crippen LogP contribution in [0.25, 0.3) is 0 Å². The number of alkyl halides is 3. The average Bonchev–Trinajstić information content (AvgIpc) is 2.98. The molecule has 142 valence electrons. The maximum Gasteiger partial charge on any atom is 0.416 e. The number of rotatable bonds is 8. The van der Waals surface area contributed by atoms with Crippen molar-refractivity contribution in [3.05, 3.63) is 36.2 Å². The molecule has 10 heteroatoms. The quantitative estimate of drug-likeness (QED) is 0.555. The van der Waals surface area contributed by atoms with Crippen LogP contribution in [0.4, 0.5) is 18.9 Å². The predicted molar refractivity (Wildman–Crippen MR) is 91.4 cm³/mol. The van der Waals surface area contributed by atoms with Gasteiger partial charge >= 0.3 is 6.18 Å². The number of imidazole rings is 1. The van der Waals surface area contributed by atoms with Crippen molar-refractivity contribution in [1.82, 2.24) is 9.55 Å². The van der Waals surface area contributed by atoms with E-state index in [0.29, 0.717) is 5.16 Å². The normalized spacial score (nSPS) is 11.4. The fraction of sp³-hybridized carbons (Fsp3) is 0.375. The first kappa shape index (κ1) is 20.1. The van der Waals surface area contributed by atoms with Gasteiger partial charge in [-0.25, -0.2) is 4.98 Å². The third-order valence-electron chi connectivity index (χ3n) is 3.24. The summed E-state index contributed by atoms with van der Waals surface area (Å²) in [6, 6.07) is 2.94. The van der Waals surface area contributed by atoms with Gasteiger partial charge in [0.25, 0.3) is 0 Å². The molecule has 1 N–H and O–H groups in total. The summed E-state index contributed by atoms with van der Waals surface area (Å²) in [5.74, 6) is -0.321. The number of hydrogen-bond donors (Lipinski definition) is 1. The van der Waals surface area contributed by atoms with E-state index >= 15 is 0 Å². The standard InChI is InChI=1S/C16H18F3N3O3S/c1-22-6-5-20-15(22)26-10-14(23)21-12-9-11(16(17,18)19)3-4-13(12)25-8-7-24-2/h3-6,9H,7-8,10H2,1-2H3,(H,21,23). The first-order chi connectivity index (χ1) is 12.3. The Hall–Kier alpha value is -2.20. The zero-order chi connectivity index (χ0) is 19.2. The molecular weight excluding hydrogens is 371 g/mol. The molecule has 0 unspecified atom stereocenters. The Bertz CT molecular complexity index is 750. The SMILES string of the molecule is COCCOc1ccc(C(F)(F)F)cc1NC(=O)CSc1nccn1C. The lowest BCUT2D eigenvalue weighted by Gasteiger charge is -2.15. The summed E-state index contributed by atoms with van der Waals surface area (Å²) in [7, 11) is 3.26. The van der Waals surface area contributed by atoms with Gasteiger partial charge in [-0.2, -0.15) is 13.2 Å². The van der Waals surface area contributed by atoms with E-state index in [-0.39, 0.29) is 30.4 Å². The maximum atomic E-state index is 12.9. The van der Waals surface area contributed by atoms with Crippen LogP contribution >= 0.6 is 11.8 Å². The molecule has 0 saturated heterocycles. The number of carbonyl (C=O) groups excluding carboxylic acids is 1. The van der Waals surface area contributed by atoms with Crippen LogP contribution in [-0.4, -0.2) is 41.5 Å². The second-order valence-electron chi connectivity index (χ2n) is 5.21. The molecule has 1 amide bonds. The molecule has 0 fully saturated rings. The molecule has 1 aromatic heterocycles. The van der Waals surface area contributed by atoms with Gasteiger partial charge < -0.3 is 19.4 Å². The number of carbonyl (C=O) groups is 1. The average molecular weight is 389 g/mol. The Morgan fingerprint density at radius 1 is 1.35 bits per heavy atom. The minimum absolute atomic E-state index is 0.00138. The molecule has 0 saturated carbocycles. The van der Waals surface area contributed by atoms with E-state index in [9.17, 15) is 18.0 Å². The van der Waals surface area contributed by atoms with Crippen molar-refractivity contribution in [3.63, 3.8) is 0 Å². The minimum atomic E-state index is -4.52. The number of anilines is 1. The number of amides is 1. The first-order valence-corrected chi connectivity index (χ1v) is 8.52. The van der Waals surface area contributed by atoms with Gasteiger partial charge in [-0.1, -0.05) is 11.8 Å². The van der Waals surface area contributed by atoms with E-state index in [1.54, 1.807) is 24.0 Å². The Morgan fingerprint density at radius 2 is 2.12 bits per heavy atom. The third-order valence-corrected chi connectivity index (χ3v) is 4.29. The van der Waals surface area contributed by atoms with Crippen molar-refractivity contribution in [2.75, 3.05) is 31.4 Å². The van der Waals surface area contributed by atoms with Crippen LogP contribution in [-0.2, 0) is 22.8 Å². The lowest BCUT2D eigenvalue weighted by Crippen LogP contribution is -2.17. The highest BCUT2D eigenvalue weighted by molar-refractivity contribution is 7.99.